The lowest BCUT2D eigenvalue weighted by molar-refractivity contribution is 0.0783. The van der Waals surface area contributed by atoms with Crippen molar-refractivity contribution in [1.29, 1.82) is 0 Å². The molecule has 120 valence electrons. The van der Waals surface area contributed by atoms with Crippen LogP contribution in [0.1, 0.15) is 20.3 Å². The van der Waals surface area contributed by atoms with E-state index in [1.165, 1.54) is 0 Å². The third kappa shape index (κ3) is 6.54. The number of hydrogen-bond acceptors (Lipinski definition) is 8. The number of ether oxygens (including phenoxy) is 3. The Morgan fingerprint density at radius 3 is 2.43 bits per heavy atom. The second-order valence-corrected chi connectivity index (χ2v) is 4.26. The SMILES string of the molecule is CCN(CC)c1nc(N)nc(OCCOCCCOC)n1. The fourth-order valence-electron chi connectivity index (χ4n) is 1.67. The maximum atomic E-state index is 5.68. The molecule has 0 saturated carbocycles. The molecule has 0 aliphatic carbocycles. The van der Waals surface area contributed by atoms with Crippen LogP contribution in [0.2, 0.25) is 0 Å². The van der Waals surface area contributed by atoms with Crippen molar-refractivity contribution in [3.05, 3.63) is 0 Å². The summed E-state index contributed by atoms with van der Waals surface area (Å²) in [6.45, 7) is 7.81. The average molecular weight is 299 g/mol. The first-order valence-electron chi connectivity index (χ1n) is 7.17. The van der Waals surface area contributed by atoms with Gasteiger partial charge in [0.25, 0.3) is 0 Å². The summed E-state index contributed by atoms with van der Waals surface area (Å²) in [6, 6.07) is 0.227. The second kappa shape index (κ2) is 10.1. The van der Waals surface area contributed by atoms with Gasteiger partial charge in [-0.15, -0.1) is 0 Å². The van der Waals surface area contributed by atoms with Crippen molar-refractivity contribution in [1.82, 2.24) is 15.0 Å². The summed E-state index contributed by atoms with van der Waals surface area (Å²) in [5, 5.41) is 0. The highest BCUT2D eigenvalue weighted by molar-refractivity contribution is 5.35. The van der Waals surface area contributed by atoms with Gasteiger partial charge in [0.15, 0.2) is 0 Å². The second-order valence-electron chi connectivity index (χ2n) is 4.26. The third-order valence-corrected chi connectivity index (χ3v) is 2.76. The van der Waals surface area contributed by atoms with Crippen LogP contribution in [-0.2, 0) is 9.47 Å². The van der Waals surface area contributed by atoms with Crippen molar-refractivity contribution in [2.45, 2.75) is 20.3 Å². The molecule has 0 unspecified atom stereocenters. The maximum Gasteiger partial charge on any atom is 0.323 e. The lowest BCUT2D eigenvalue weighted by Crippen LogP contribution is -2.25. The summed E-state index contributed by atoms with van der Waals surface area (Å²) in [5.41, 5.74) is 5.68. The molecule has 0 aromatic carbocycles. The van der Waals surface area contributed by atoms with E-state index in [4.69, 9.17) is 19.9 Å². The lowest BCUT2D eigenvalue weighted by atomic mass is 10.5. The molecule has 0 spiro atoms. The first kappa shape index (κ1) is 17.4. The molecule has 2 N–H and O–H groups in total. The molecule has 8 nitrogen and oxygen atoms in total. The minimum absolute atomic E-state index is 0.155. The monoisotopic (exact) mass is 299 g/mol. The number of anilines is 2. The third-order valence-electron chi connectivity index (χ3n) is 2.76. The molecule has 0 bridgehead atoms. The Balaban J connectivity index is 2.41. The van der Waals surface area contributed by atoms with Crippen LogP contribution in [-0.4, -0.2) is 61.6 Å². The highest BCUT2D eigenvalue weighted by Crippen LogP contribution is 2.12. The zero-order chi connectivity index (χ0) is 15.5. The summed E-state index contributed by atoms with van der Waals surface area (Å²) in [5.74, 6) is 0.687. The molecule has 0 saturated heterocycles. The Morgan fingerprint density at radius 2 is 1.76 bits per heavy atom. The first-order valence-corrected chi connectivity index (χ1v) is 7.17. The molecular formula is C13H25N5O3. The van der Waals surface area contributed by atoms with E-state index in [0.29, 0.717) is 32.4 Å². The highest BCUT2D eigenvalue weighted by Gasteiger charge is 2.10. The Kier molecular flexibility index (Phi) is 8.37. The summed E-state index contributed by atoms with van der Waals surface area (Å²) in [6.07, 6.45) is 0.862. The quantitative estimate of drug-likeness (QED) is 0.597. The maximum absolute atomic E-state index is 5.68. The number of rotatable bonds is 11. The number of aromatic nitrogens is 3. The molecule has 1 aromatic heterocycles. The van der Waals surface area contributed by atoms with Gasteiger partial charge in [-0.2, -0.15) is 15.0 Å². The molecular weight excluding hydrogens is 274 g/mol. The van der Waals surface area contributed by atoms with Crippen LogP contribution in [0.15, 0.2) is 0 Å². The topological polar surface area (TPSA) is 95.6 Å². The molecule has 0 aliphatic heterocycles. The molecule has 8 heteroatoms. The molecule has 1 heterocycles. The van der Waals surface area contributed by atoms with Gasteiger partial charge in [-0.1, -0.05) is 0 Å². The molecule has 0 aliphatic rings. The zero-order valence-electron chi connectivity index (χ0n) is 13.0. The van der Waals surface area contributed by atoms with Crippen LogP contribution in [0.3, 0.4) is 0 Å². The van der Waals surface area contributed by atoms with Crippen molar-refractivity contribution in [2.75, 3.05) is 57.3 Å². The van der Waals surface area contributed by atoms with Crippen LogP contribution in [0, 0.1) is 0 Å². The summed E-state index contributed by atoms with van der Waals surface area (Å²) < 4.78 is 15.8. The van der Waals surface area contributed by atoms with Gasteiger partial charge in [0, 0.05) is 33.4 Å². The molecule has 1 rings (SSSR count). The van der Waals surface area contributed by atoms with Gasteiger partial charge in [0.05, 0.1) is 6.61 Å². The van der Waals surface area contributed by atoms with Crippen LogP contribution in [0.25, 0.3) is 0 Å². The van der Waals surface area contributed by atoms with Gasteiger partial charge >= 0.3 is 6.01 Å². The van der Waals surface area contributed by atoms with Crippen molar-refractivity contribution < 1.29 is 14.2 Å². The molecule has 0 fully saturated rings. The minimum Gasteiger partial charge on any atom is -0.461 e. The van der Waals surface area contributed by atoms with Gasteiger partial charge < -0.3 is 24.8 Å². The van der Waals surface area contributed by atoms with Crippen molar-refractivity contribution in [3.63, 3.8) is 0 Å². The minimum atomic E-state index is 0.155. The van der Waals surface area contributed by atoms with Gasteiger partial charge in [0.2, 0.25) is 11.9 Å². The number of hydrogen-bond donors (Lipinski definition) is 1. The number of nitrogens with two attached hydrogens (primary N) is 1. The highest BCUT2D eigenvalue weighted by atomic mass is 16.5. The van der Waals surface area contributed by atoms with E-state index in [9.17, 15) is 0 Å². The summed E-state index contributed by atoms with van der Waals surface area (Å²) >= 11 is 0. The summed E-state index contributed by atoms with van der Waals surface area (Å²) in [4.78, 5) is 14.3. The smallest absolute Gasteiger partial charge is 0.323 e. The van der Waals surface area contributed by atoms with E-state index in [-0.39, 0.29) is 12.0 Å². The first-order chi connectivity index (χ1) is 10.2. The van der Waals surface area contributed by atoms with Crippen molar-refractivity contribution >= 4 is 11.9 Å². The van der Waals surface area contributed by atoms with E-state index < -0.39 is 0 Å². The summed E-state index contributed by atoms with van der Waals surface area (Å²) in [7, 11) is 1.67. The molecule has 0 atom stereocenters. The largest absolute Gasteiger partial charge is 0.461 e. The molecule has 1 aromatic rings. The average Bonchev–Trinajstić information content (AvgIpc) is 2.47. The number of methoxy groups -OCH3 is 1. The van der Waals surface area contributed by atoms with Crippen LogP contribution >= 0.6 is 0 Å². The van der Waals surface area contributed by atoms with Crippen LogP contribution < -0.4 is 15.4 Å². The van der Waals surface area contributed by atoms with Gasteiger partial charge in [-0.3, -0.25) is 0 Å². The van der Waals surface area contributed by atoms with Gasteiger partial charge in [-0.05, 0) is 20.3 Å². The van der Waals surface area contributed by atoms with E-state index in [2.05, 4.69) is 15.0 Å². The van der Waals surface area contributed by atoms with E-state index in [1.54, 1.807) is 7.11 Å². The van der Waals surface area contributed by atoms with Gasteiger partial charge in [0.1, 0.15) is 6.61 Å². The van der Waals surface area contributed by atoms with E-state index in [1.807, 2.05) is 18.7 Å². The fraction of sp³-hybridized carbons (Fsp3) is 0.769. The number of nitrogen functional groups attached to an aromatic ring is 1. The normalized spacial score (nSPS) is 10.6. The molecule has 0 amide bonds. The Hall–Kier alpha value is -1.67. The van der Waals surface area contributed by atoms with Crippen LogP contribution in [0.5, 0.6) is 6.01 Å². The number of nitrogens with zero attached hydrogens (tertiary/aromatic N) is 4. The standard InChI is InChI=1S/C13H25N5O3/c1-4-18(5-2)12-15-11(14)16-13(17-12)21-10-9-20-8-6-7-19-3/h4-10H2,1-3H3,(H2,14,15,16,17). The molecule has 21 heavy (non-hydrogen) atoms. The van der Waals surface area contributed by atoms with Gasteiger partial charge in [-0.25, -0.2) is 0 Å². The van der Waals surface area contributed by atoms with E-state index in [0.717, 1.165) is 19.5 Å². The Morgan fingerprint density at radius 1 is 1.00 bits per heavy atom. The predicted octanol–water partition coefficient (Wildman–Crippen LogP) is 0.732. The molecule has 0 radical (unpaired) electrons. The van der Waals surface area contributed by atoms with E-state index >= 15 is 0 Å². The van der Waals surface area contributed by atoms with Crippen molar-refractivity contribution in [3.8, 4) is 6.01 Å². The fourth-order valence-corrected chi connectivity index (χ4v) is 1.67. The Labute approximate surface area is 125 Å². The van der Waals surface area contributed by atoms with Crippen molar-refractivity contribution in [2.24, 2.45) is 0 Å². The van der Waals surface area contributed by atoms with Crippen LogP contribution in [0.4, 0.5) is 11.9 Å². The predicted molar refractivity (Wildman–Crippen MR) is 80.6 cm³/mol. The lowest BCUT2D eigenvalue weighted by Gasteiger charge is -2.18. The Bertz CT molecular complexity index is 401. The zero-order valence-corrected chi connectivity index (χ0v) is 13.0.